The van der Waals surface area contributed by atoms with Crippen molar-refractivity contribution in [3.63, 3.8) is 0 Å². The van der Waals surface area contributed by atoms with E-state index in [4.69, 9.17) is 5.11 Å². The van der Waals surface area contributed by atoms with Gasteiger partial charge in [0.15, 0.2) is 0 Å². The summed E-state index contributed by atoms with van der Waals surface area (Å²) < 4.78 is 0. The molecule has 2 aromatic rings. The number of benzene rings is 1. The van der Waals surface area contributed by atoms with Crippen LogP contribution < -0.4 is 5.32 Å². The van der Waals surface area contributed by atoms with Crippen LogP contribution in [0.3, 0.4) is 0 Å². The topological polar surface area (TPSA) is 65.5 Å². The lowest BCUT2D eigenvalue weighted by molar-refractivity contribution is 0.177. The molecule has 0 saturated heterocycles. The number of hydrogen-bond donors (Lipinski definition) is 2. The Morgan fingerprint density at radius 2 is 1.86 bits per heavy atom. The minimum atomic E-state index is -0.172. The van der Waals surface area contributed by atoms with Crippen molar-refractivity contribution >= 4 is 6.03 Å². The predicted octanol–water partition coefficient (Wildman–Crippen LogP) is 1.83. The van der Waals surface area contributed by atoms with Crippen LogP contribution in [-0.2, 0) is 13.0 Å². The molecule has 1 aromatic carbocycles. The van der Waals surface area contributed by atoms with E-state index >= 15 is 0 Å². The fourth-order valence-corrected chi connectivity index (χ4v) is 2.14. The summed E-state index contributed by atoms with van der Waals surface area (Å²) in [6, 6.07) is 13.6. The SMILES string of the molecule is O=C(NCc1cccnc1)N(CCO)CCc1ccccc1. The lowest BCUT2D eigenvalue weighted by Crippen LogP contribution is -2.42. The van der Waals surface area contributed by atoms with E-state index in [1.807, 2.05) is 42.5 Å². The molecule has 0 aliphatic carbocycles. The fourth-order valence-electron chi connectivity index (χ4n) is 2.14. The second-order valence-corrected chi connectivity index (χ2v) is 4.97. The fraction of sp³-hybridized carbons (Fsp3) is 0.294. The number of nitrogens with zero attached hydrogens (tertiary/aromatic N) is 2. The second kappa shape index (κ2) is 8.79. The highest BCUT2D eigenvalue weighted by Gasteiger charge is 2.12. The molecule has 2 rings (SSSR count). The summed E-state index contributed by atoms with van der Waals surface area (Å²) in [7, 11) is 0. The molecule has 0 unspecified atom stereocenters. The molecule has 0 aliphatic rings. The third kappa shape index (κ3) is 5.18. The summed E-state index contributed by atoms with van der Waals surface area (Å²) in [6.07, 6.45) is 4.19. The smallest absolute Gasteiger partial charge is 0.317 e. The Bertz CT molecular complexity index is 561. The van der Waals surface area contributed by atoms with Gasteiger partial charge in [-0.1, -0.05) is 36.4 Å². The minimum absolute atomic E-state index is 0.0465. The van der Waals surface area contributed by atoms with Gasteiger partial charge in [-0.25, -0.2) is 4.79 Å². The maximum absolute atomic E-state index is 12.2. The number of hydrogen-bond acceptors (Lipinski definition) is 3. The Kier molecular flexibility index (Phi) is 6.39. The van der Waals surface area contributed by atoms with E-state index in [-0.39, 0.29) is 12.6 Å². The van der Waals surface area contributed by atoms with Crippen LogP contribution >= 0.6 is 0 Å². The zero-order chi connectivity index (χ0) is 15.6. The van der Waals surface area contributed by atoms with Gasteiger partial charge in [0.05, 0.1) is 6.61 Å². The van der Waals surface area contributed by atoms with E-state index in [1.54, 1.807) is 17.3 Å². The van der Waals surface area contributed by atoms with Crippen molar-refractivity contribution in [2.24, 2.45) is 0 Å². The standard InChI is InChI=1S/C17H21N3O2/c21-12-11-20(10-8-15-5-2-1-3-6-15)17(22)19-14-16-7-4-9-18-13-16/h1-7,9,13,21H,8,10-12,14H2,(H,19,22). The lowest BCUT2D eigenvalue weighted by atomic mass is 10.1. The van der Waals surface area contributed by atoms with Gasteiger partial charge in [-0.3, -0.25) is 4.98 Å². The monoisotopic (exact) mass is 299 g/mol. The van der Waals surface area contributed by atoms with E-state index in [2.05, 4.69) is 10.3 Å². The van der Waals surface area contributed by atoms with Crippen LogP contribution in [-0.4, -0.2) is 40.7 Å². The highest BCUT2D eigenvalue weighted by molar-refractivity contribution is 5.74. The number of aromatic nitrogens is 1. The van der Waals surface area contributed by atoms with Crippen molar-refractivity contribution in [2.75, 3.05) is 19.7 Å². The first kappa shape index (κ1) is 16.0. The number of aliphatic hydroxyl groups is 1. The number of nitrogens with one attached hydrogen (secondary N) is 1. The minimum Gasteiger partial charge on any atom is -0.395 e. The van der Waals surface area contributed by atoms with Crippen molar-refractivity contribution < 1.29 is 9.90 Å². The summed E-state index contributed by atoms with van der Waals surface area (Å²) >= 11 is 0. The van der Waals surface area contributed by atoms with E-state index in [1.165, 1.54) is 5.56 Å². The van der Waals surface area contributed by atoms with Gasteiger partial charge in [0.25, 0.3) is 0 Å². The zero-order valence-electron chi connectivity index (χ0n) is 12.5. The first-order valence-electron chi connectivity index (χ1n) is 7.36. The number of rotatable bonds is 7. The maximum Gasteiger partial charge on any atom is 0.317 e. The van der Waals surface area contributed by atoms with Crippen LogP contribution in [0.15, 0.2) is 54.9 Å². The molecule has 5 heteroatoms. The molecule has 116 valence electrons. The van der Waals surface area contributed by atoms with E-state index in [0.717, 1.165) is 12.0 Å². The normalized spacial score (nSPS) is 10.2. The van der Waals surface area contributed by atoms with Gasteiger partial charge in [0.1, 0.15) is 0 Å². The van der Waals surface area contributed by atoms with Gasteiger partial charge in [-0.05, 0) is 23.6 Å². The Labute approximate surface area is 130 Å². The third-order valence-electron chi connectivity index (χ3n) is 3.34. The molecule has 0 spiro atoms. The summed E-state index contributed by atoms with van der Waals surface area (Å²) in [6.45, 7) is 1.28. The lowest BCUT2D eigenvalue weighted by Gasteiger charge is -2.22. The van der Waals surface area contributed by atoms with Crippen LogP contribution in [0.5, 0.6) is 0 Å². The highest BCUT2D eigenvalue weighted by atomic mass is 16.3. The van der Waals surface area contributed by atoms with Crippen molar-refractivity contribution in [1.82, 2.24) is 15.2 Å². The van der Waals surface area contributed by atoms with Crippen LogP contribution in [0.1, 0.15) is 11.1 Å². The second-order valence-electron chi connectivity index (χ2n) is 4.97. The van der Waals surface area contributed by atoms with Gasteiger partial charge in [-0.15, -0.1) is 0 Å². The number of carbonyl (C=O) groups is 1. The number of urea groups is 1. The molecule has 0 fully saturated rings. The largest absolute Gasteiger partial charge is 0.395 e. The number of aliphatic hydroxyl groups excluding tert-OH is 1. The summed E-state index contributed by atoms with van der Waals surface area (Å²) in [4.78, 5) is 17.9. The average molecular weight is 299 g/mol. The molecule has 0 atom stereocenters. The Morgan fingerprint density at radius 3 is 2.55 bits per heavy atom. The molecule has 5 nitrogen and oxygen atoms in total. The van der Waals surface area contributed by atoms with Crippen LogP contribution in [0.25, 0.3) is 0 Å². The number of carbonyl (C=O) groups excluding carboxylic acids is 1. The molecule has 0 saturated carbocycles. The van der Waals surface area contributed by atoms with Crippen LogP contribution in [0.2, 0.25) is 0 Å². The third-order valence-corrected chi connectivity index (χ3v) is 3.34. The molecule has 0 aliphatic heterocycles. The Balaban J connectivity index is 1.85. The van der Waals surface area contributed by atoms with Crippen molar-refractivity contribution in [2.45, 2.75) is 13.0 Å². The quantitative estimate of drug-likeness (QED) is 0.820. The van der Waals surface area contributed by atoms with Gasteiger partial charge in [-0.2, -0.15) is 0 Å². The zero-order valence-corrected chi connectivity index (χ0v) is 12.5. The molecule has 0 bridgehead atoms. The molecule has 22 heavy (non-hydrogen) atoms. The molecular weight excluding hydrogens is 278 g/mol. The van der Waals surface area contributed by atoms with Crippen molar-refractivity contribution in [3.05, 3.63) is 66.0 Å². The molecule has 1 heterocycles. The van der Waals surface area contributed by atoms with E-state index in [9.17, 15) is 4.79 Å². The molecular formula is C17H21N3O2. The predicted molar refractivity (Wildman–Crippen MR) is 85.3 cm³/mol. The average Bonchev–Trinajstić information content (AvgIpc) is 2.58. The number of pyridine rings is 1. The van der Waals surface area contributed by atoms with Crippen molar-refractivity contribution in [3.8, 4) is 0 Å². The summed E-state index contributed by atoms with van der Waals surface area (Å²) in [5.74, 6) is 0. The van der Waals surface area contributed by atoms with Gasteiger partial charge >= 0.3 is 6.03 Å². The summed E-state index contributed by atoms with van der Waals surface area (Å²) in [5, 5.41) is 12.0. The molecule has 2 N–H and O–H groups in total. The first-order valence-corrected chi connectivity index (χ1v) is 7.36. The van der Waals surface area contributed by atoms with Crippen LogP contribution in [0, 0.1) is 0 Å². The molecule has 0 radical (unpaired) electrons. The maximum atomic E-state index is 12.2. The molecule has 2 amide bonds. The van der Waals surface area contributed by atoms with Crippen LogP contribution in [0.4, 0.5) is 4.79 Å². The number of amides is 2. The van der Waals surface area contributed by atoms with Crippen molar-refractivity contribution in [1.29, 1.82) is 0 Å². The molecule has 1 aromatic heterocycles. The summed E-state index contributed by atoms with van der Waals surface area (Å²) in [5.41, 5.74) is 2.12. The van der Waals surface area contributed by atoms with Gasteiger partial charge < -0.3 is 15.3 Å². The van der Waals surface area contributed by atoms with Gasteiger partial charge in [0.2, 0.25) is 0 Å². The van der Waals surface area contributed by atoms with E-state index < -0.39 is 0 Å². The highest BCUT2D eigenvalue weighted by Crippen LogP contribution is 2.02. The Hall–Kier alpha value is -2.40. The first-order chi connectivity index (χ1) is 10.8. The Morgan fingerprint density at radius 1 is 1.09 bits per heavy atom. The van der Waals surface area contributed by atoms with Gasteiger partial charge in [0, 0.05) is 32.0 Å². The van der Waals surface area contributed by atoms with E-state index in [0.29, 0.717) is 19.6 Å².